The molecule has 1 fully saturated rings. The second-order valence-electron chi connectivity index (χ2n) is 5.27. The van der Waals surface area contributed by atoms with E-state index in [2.05, 4.69) is 15.9 Å². The van der Waals surface area contributed by atoms with Crippen molar-refractivity contribution < 1.29 is 19.1 Å². The molecule has 1 aliphatic rings. The molecule has 1 heterocycles. The second-order valence-corrected chi connectivity index (χ2v) is 6.12. The fourth-order valence-electron chi connectivity index (χ4n) is 2.59. The third-order valence-electron chi connectivity index (χ3n) is 3.85. The van der Waals surface area contributed by atoms with Crippen LogP contribution in [0.3, 0.4) is 0 Å². The van der Waals surface area contributed by atoms with E-state index < -0.39 is 11.8 Å². The number of halogens is 2. The zero-order valence-electron chi connectivity index (χ0n) is 11.5. The summed E-state index contributed by atoms with van der Waals surface area (Å²) in [5.74, 6) is -1.29. The van der Waals surface area contributed by atoms with E-state index in [4.69, 9.17) is 5.11 Å². The third kappa shape index (κ3) is 4.03. The van der Waals surface area contributed by atoms with Gasteiger partial charge >= 0.3 is 5.97 Å². The van der Waals surface area contributed by atoms with Crippen LogP contribution in [-0.2, 0) is 4.79 Å². The molecule has 1 aromatic carbocycles. The van der Waals surface area contributed by atoms with Gasteiger partial charge in [0.2, 0.25) is 0 Å². The van der Waals surface area contributed by atoms with Gasteiger partial charge in [-0.15, -0.1) is 0 Å². The second kappa shape index (κ2) is 7.02. The predicted octanol–water partition coefficient (Wildman–Crippen LogP) is 3.31. The smallest absolute Gasteiger partial charge is 0.303 e. The van der Waals surface area contributed by atoms with Gasteiger partial charge in [0.05, 0.1) is 10.0 Å². The minimum absolute atomic E-state index is 0.0772. The van der Waals surface area contributed by atoms with Gasteiger partial charge in [0.25, 0.3) is 5.91 Å². The minimum atomic E-state index is -0.787. The van der Waals surface area contributed by atoms with Crippen molar-refractivity contribution in [3.05, 3.63) is 34.1 Å². The van der Waals surface area contributed by atoms with Gasteiger partial charge in [-0.2, -0.15) is 0 Å². The van der Waals surface area contributed by atoms with Crippen molar-refractivity contribution >= 4 is 27.8 Å². The predicted molar refractivity (Wildman–Crippen MR) is 79.6 cm³/mol. The minimum Gasteiger partial charge on any atom is -0.481 e. The summed E-state index contributed by atoms with van der Waals surface area (Å²) in [6, 6.07) is 4.68. The van der Waals surface area contributed by atoms with Gasteiger partial charge in [0.1, 0.15) is 5.82 Å². The fraction of sp³-hybridized carbons (Fsp3) is 0.467. The first-order valence-electron chi connectivity index (χ1n) is 6.94. The van der Waals surface area contributed by atoms with E-state index in [0.717, 1.165) is 12.8 Å². The Labute approximate surface area is 131 Å². The summed E-state index contributed by atoms with van der Waals surface area (Å²) in [6.07, 6.45) is 2.35. The lowest BCUT2D eigenvalue weighted by atomic mass is 9.92. The van der Waals surface area contributed by atoms with Crippen LogP contribution in [0.1, 0.15) is 36.0 Å². The molecule has 0 atom stereocenters. The molecule has 0 spiro atoms. The highest BCUT2D eigenvalue weighted by Crippen LogP contribution is 2.25. The van der Waals surface area contributed by atoms with Gasteiger partial charge in [0.15, 0.2) is 0 Å². The maximum Gasteiger partial charge on any atom is 0.303 e. The van der Waals surface area contributed by atoms with Crippen molar-refractivity contribution in [2.45, 2.75) is 25.7 Å². The first kappa shape index (κ1) is 15.9. The van der Waals surface area contributed by atoms with Crippen LogP contribution >= 0.6 is 15.9 Å². The average molecular weight is 358 g/mol. The molecule has 1 aromatic rings. The number of amides is 1. The molecule has 0 aliphatic carbocycles. The molecule has 114 valence electrons. The Morgan fingerprint density at radius 1 is 1.33 bits per heavy atom. The van der Waals surface area contributed by atoms with Crippen LogP contribution in [0.15, 0.2) is 22.7 Å². The van der Waals surface area contributed by atoms with Crippen LogP contribution in [0, 0.1) is 11.7 Å². The summed E-state index contributed by atoms with van der Waals surface area (Å²) in [4.78, 5) is 24.5. The standard InChI is InChI=1S/C15H17BrFNO3/c16-12-3-1-2-11(14(12)17)15(21)18-8-6-10(7-9-18)4-5-13(19)20/h1-3,10H,4-9H2,(H,19,20). The highest BCUT2D eigenvalue weighted by atomic mass is 79.9. The number of hydrogen-bond donors (Lipinski definition) is 1. The molecule has 6 heteroatoms. The van der Waals surface area contributed by atoms with Crippen molar-refractivity contribution in [1.82, 2.24) is 4.90 Å². The van der Waals surface area contributed by atoms with Crippen LogP contribution < -0.4 is 0 Å². The number of carbonyl (C=O) groups is 2. The first-order chi connectivity index (χ1) is 9.99. The summed E-state index contributed by atoms with van der Waals surface area (Å²) in [5, 5.41) is 8.68. The van der Waals surface area contributed by atoms with Crippen LogP contribution in [0.25, 0.3) is 0 Å². The maximum absolute atomic E-state index is 13.9. The lowest BCUT2D eigenvalue weighted by molar-refractivity contribution is -0.137. The first-order valence-corrected chi connectivity index (χ1v) is 7.73. The number of benzene rings is 1. The molecular formula is C15H17BrFNO3. The maximum atomic E-state index is 13.9. The summed E-state index contributed by atoms with van der Waals surface area (Å²) >= 11 is 3.08. The lowest BCUT2D eigenvalue weighted by Crippen LogP contribution is -2.39. The van der Waals surface area contributed by atoms with E-state index in [1.807, 2.05) is 0 Å². The van der Waals surface area contributed by atoms with E-state index in [1.54, 1.807) is 17.0 Å². The lowest BCUT2D eigenvalue weighted by Gasteiger charge is -2.32. The Bertz CT molecular complexity index is 542. The van der Waals surface area contributed by atoms with Gasteiger partial charge in [-0.05, 0) is 53.2 Å². The highest BCUT2D eigenvalue weighted by molar-refractivity contribution is 9.10. The van der Waals surface area contributed by atoms with E-state index in [9.17, 15) is 14.0 Å². The monoisotopic (exact) mass is 357 g/mol. The molecule has 0 bridgehead atoms. The molecule has 0 aromatic heterocycles. The number of carboxylic acid groups (broad SMARTS) is 1. The molecule has 1 amide bonds. The van der Waals surface area contributed by atoms with E-state index in [1.165, 1.54) is 6.07 Å². The fourth-order valence-corrected chi connectivity index (χ4v) is 2.96. The van der Waals surface area contributed by atoms with Crippen molar-refractivity contribution in [3.8, 4) is 0 Å². The Morgan fingerprint density at radius 3 is 2.62 bits per heavy atom. The summed E-state index contributed by atoms with van der Waals surface area (Å²) in [5.41, 5.74) is 0.0772. The number of hydrogen-bond acceptors (Lipinski definition) is 2. The van der Waals surface area contributed by atoms with Gasteiger partial charge in [-0.25, -0.2) is 4.39 Å². The number of nitrogens with zero attached hydrogens (tertiary/aromatic N) is 1. The summed E-state index contributed by atoms with van der Waals surface area (Å²) in [7, 11) is 0. The molecule has 1 saturated heterocycles. The van der Waals surface area contributed by atoms with Gasteiger partial charge in [-0.1, -0.05) is 6.07 Å². The molecule has 4 nitrogen and oxygen atoms in total. The van der Waals surface area contributed by atoms with Crippen molar-refractivity contribution in [2.24, 2.45) is 5.92 Å². The average Bonchev–Trinajstić information content (AvgIpc) is 2.48. The van der Waals surface area contributed by atoms with Crippen LogP contribution in [-0.4, -0.2) is 35.0 Å². The molecule has 21 heavy (non-hydrogen) atoms. The third-order valence-corrected chi connectivity index (χ3v) is 4.46. The number of aliphatic carboxylic acids is 1. The largest absolute Gasteiger partial charge is 0.481 e. The quantitative estimate of drug-likeness (QED) is 0.899. The van der Waals surface area contributed by atoms with E-state index in [0.29, 0.717) is 25.4 Å². The molecular weight excluding hydrogens is 341 g/mol. The van der Waals surface area contributed by atoms with Crippen molar-refractivity contribution in [3.63, 3.8) is 0 Å². The Balaban J connectivity index is 1.94. The van der Waals surface area contributed by atoms with Crippen molar-refractivity contribution in [2.75, 3.05) is 13.1 Å². The molecule has 0 saturated carbocycles. The van der Waals surface area contributed by atoms with Crippen LogP contribution in [0.4, 0.5) is 4.39 Å². The molecule has 0 radical (unpaired) electrons. The summed E-state index contributed by atoms with van der Waals surface area (Å²) in [6.45, 7) is 1.10. The molecule has 1 N–H and O–H groups in total. The topological polar surface area (TPSA) is 57.6 Å². The Kier molecular flexibility index (Phi) is 5.33. The zero-order valence-corrected chi connectivity index (χ0v) is 13.1. The molecule has 1 aliphatic heterocycles. The zero-order chi connectivity index (χ0) is 15.4. The molecule has 2 rings (SSSR count). The number of likely N-dealkylation sites (tertiary alicyclic amines) is 1. The van der Waals surface area contributed by atoms with Crippen LogP contribution in [0.5, 0.6) is 0 Å². The van der Waals surface area contributed by atoms with Gasteiger partial charge in [0, 0.05) is 19.5 Å². The van der Waals surface area contributed by atoms with E-state index >= 15 is 0 Å². The normalized spacial score (nSPS) is 16.0. The summed E-state index contributed by atoms with van der Waals surface area (Å²) < 4.78 is 14.2. The Hall–Kier alpha value is -1.43. The van der Waals surface area contributed by atoms with Crippen LogP contribution in [0.2, 0.25) is 0 Å². The highest BCUT2D eigenvalue weighted by Gasteiger charge is 2.25. The Morgan fingerprint density at radius 2 is 2.00 bits per heavy atom. The van der Waals surface area contributed by atoms with E-state index in [-0.39, 0.29) is 22.4 Å². The molecule has 0 unspecified atom stereocenters. The number of rotatable bonds is 4. The number of piperidine rings is 1. The van der Waals surface area contributed by atoms with Gasteiger partial charge < -0.3 is 10.0 Å². The van der Waals surface area contributed by atoms with Crippen molar-refractivity contribution in [1.29, 1.82) is 0 Å². The number of carbonyl (C=O) groups excluding carboxylic acids is 1. The SMILES string of the molecule is O=C(O)CCC1CCN(C(=O)c2cccc(Br)c2F)CC1. The van der Waals surface area contributed by atoms with Gasteiger partial charge in [-0.3, -0.25) is 9.59 Å². The number of carboxylic acids is 1.